The van der Waals surface area contributed by atoms with Crippen LogP contribution in [0.1, 0.15) is 11.7 Å². The van der Waals surface area contributed by atoms with Crippen LogP contribution in [-0.2, 0) is 6.54 Å². The maximum absolute atomic E-state index is 5.26. The molecule has 0 N–H and O–H groups in total. The zero-order valence-corrected chi connectivity index (χ0v) is 11.3. The van der Waals surface area contributed by atoms with Crippen molar-refractivity contribution in [1.29, 1.82) is 0 Å². The molecule has 0 saturated heterocycles. The molecule has 3 aromatic rings. The van der Waals surface area contributed by atoms with Crippen molar-refractivity contribution in [1.82, 2.24) is 19.7 Å². The highest BCUT2D eigenvalue weighted by atomic mass is 16.5. The summed E-state index contributed by atoms with van der Waals surface area (Å²) < 4.78 is 12.3. The molecular formula is C14H14N4O2. The lowest BCUT2D eigenvalue weighted by Gasteiger charge is -1.99. The molecule has 0 unspecified atom stereocenters. The predicted octanol–water partition coefficient (Wildman–Crippen LogP) is 2.30. The average Bonchev–Trinajstić information content (AvgIpc) is 3.10. The molecule has 0 amide bonds. The van der Waals surface area contributed by atoms with Gasteiger partial charge in [-0.2, -0.15) is 4.98 Å². The van der Waals surface area contributed by atoms with E-state index in [9.17, 15) is 0 Å². The van der Waals surface area contributed by atoms with Gasteiger partial charge in [0.1, 0.15) is 18.1 Å². The molecule has 20 heavy (non-hydrogen) atoms. The Bertz CT molecular complexity index is 700. The van der Waals surface area contributed by atoms with E-state index < -0.39 is 0 Å². The van der Waals surface area contributed by atoms with E-state index in [1.54, 1.807) is 13.3 Å². The number of rotatable bonds is 4. The standard InChI is InChI=1S/C14H14N4O2/c1-10-15-7-8-18(10)9-13-16-14(17-20-13)11-3-5-12(19-2)6-4-11/h3-8H,9H2,1-2H3. The van der Waals surface area contributed by atoms with Gasteiger partial charge in [0.05, 0.1) is 7.11 Å². The Labute approximate surface area is 116 Å². The summed E-state index contributed by atoms with van der Waals surface area (Å²) in [7, 11) is 1.63. The van der Waals surface area contributed by atoms with Gasteiger partial charge in [-0.25, -0.2) is 4.98 Å². The van der Waals surface area contributed by atoms with Crippen LogP contribution in [0.15, 0.2) is 41.2 Å². The van der Waals surface area contributed by atoms with Gasteiger partial charge >= 0.3 is 0 Å². The molecule has 0 radical (unpaired) electrons. The molecule has 0 aliphatic heterocycles. The second-order valence-electron chi connectivity index (χ2n) is 4.34. The quantitative estimate of drug-likeness (QED) is 0.727. The summed E-state index contributed by atoms with van der Waals surface area (Å²) in [6.07, 6.45) is 3.63. The highest BCUT2D eigenvalue weighted by Crippen LogP contribution is 2.19. The Kier molecular flexibility index (Phi) is 3.20. The van der Waals surface area contributed by atoms with Gasteiger partial charge in [0.15, 0.2) is 0 Å². The van der Waals surface area contributed by atoms with Gasteiger partial charge in [0, 0.05) is 18.0 Å². The van der Waals surface area contributed by atoms with Crippen molar-refractivity contribution >= 4 is 0 Å². The van der Waals surface area contributed by atoms with Crippen molar-refractivity contribution in [3.05, 3.63) is 48.4 Å². The van der Waals surface area contributed by atoms with Crippen LogP contribution in [0.25, 0.3) is 11.4 Å². The number of aryl methyl sites for hydroxylation is 1. The van der Waals surface area contributed by atoms with Crippen molar-refractivity contribution < 1.29 is 9.26 Å². The lowest BCUT2D eigenvalue weighted by atomic mass is 10.2. The molecular weight excluding hydrogens is 256 g/mol. The largest absolute Gasteiger partial charge is 0.497 e. The maximum atomic E-state index is 5.26. The smallest absolute Gasteiger partial charge is 0.246 e. The Hall–Kier alpha value is -2.63. The van der Waals surface area contributed by atoms with Gasteiger partial charge in [-0.3, -0.25) is 0 Å². The SMILES string of the molecule is COc1ccc(-c2noc(Cn3ccnc3C)n2)cc1. The Morgan fingerprint density at radius 3 is 2.70 bits per heavy atom. The van der Waals surface area contributed by atoms with Crippen LogP contribution in [0.4, 0.5) is 0 Å². The monoisotopic (exact) mass is 270 g/mol. The van der Waals surface area contributed by atoms with Crippen molar-refractivity contribution in [3.63, 3.8) is 0 Å². The van der Waals surface area contributed by atoms with Crippen molar-refractivity contribution in [3.8, 4) is 17.1 Å². The molecule has 1 aromatic carbocycles. The number of hydrogen-bond donors (Lipinski definition) is 0. The fourth-order valence-corrected chi connectivity index (χ4v) is 1.89. The van der Waals surface area contributed by atoms with Gasteiger partial charge in [-0.15, -0.1) is 0 Å². The minimum Gasteiger partial charge on any atom is -0.497 e. The van der Waals surface area contributed by atoms with E-state index in [4.69, 9.17) is 9.26 Å². The molecule has 102 valence electrons. The fourth-order valence-electron chi connectivity index (χ4n) is 1.89. The molecule has 0 fully saturated rings. The number of methoxy groups -OCH3 is 1. The third kappa shape index (κ3) is 2.40. The molecule has 0 aliphatic carbocycles. The molecule has 3 rings (SSSR count). The highest BCUT2D eigenvalue weighted by Gasteiger charge is 2.10. The van der Waals surface area contributed by atoms with Crippen molar-refractivity contribution in [2.45, 2.75) is 13.5 Å². The second-order valence-corrected chi connectivity index (χ2v) is 4.34. The van der Waals surface area contributed by atoms with Gasteiger partial charge in [0.25, 0.3) is 0 Å². The first-order valence-electron chi connectivity index (χ1n) is 6.21. The number of benzene rings is 1. The van der Waals surface area contributed by atoms with E-state index >= 15 is 0 Å². The first kappa shape index (κ1) is 12.4. The second kappa shape index (κ2) is 5.16. The summed E-state index contributed by atoms with van der Waals surface area (Å²) in [5.41, 5.74) is 0.892. The maximum Gasteiger partial charge on any atom is 0.246 e. The van der Waals surface area contributed by atoms with Crippen molar-refractivity contribution in [2.24, 2.45) is 0 Å². The lowest BCUT2D eigenvalue weighted by molar-refractivity contribution is 0.370. The summed E-state index contributed by atoms with van der Waals surface area (Å²) in [6, 6.07) is 7.53. The molecule has 0 spiro atoms. The van der Waals surface area contributed by atoms with Crippen LogP contribution in [0.3, 0.4) is 0 Å². The average molecular weight is 270 g/mol. The fraction of sp³-hybridized carbons (Fsp3) is 0.214. The molecule has 6 nitrogen and oxygen atoms in total. The molecule has 6 heteroatoms. The summed E-state index contributed by atoms with van der Waals surface area (Å²) in [5, 5.41) is 3.99. The number of ether oxygens (including phenoxy) is 1. The summed E-state index contributed by atoms with van der Waals surface area (Å²) in [6.45, 7) is 2.45. The van der Waals surface area contributed by atoms with E-state index in [0.29, 0.717) is 18.3 Å². The van der Waals surface area contributed by atoms with E-state index in [1.165, 1.54) is 0 Å². The predicted molar refractivity (Wildman–Crippen MR) is 72.4 cm³/mol. The summed E-state index contributed by atoms with van der Waals surface area (Å²) in [5.74, 6) is 2.83. The van der Waals surface area contributed by atoms with Crippen LogP contribution in [0.5, 0.6) is 5.75 Å². The zero-order chi connectivity index (χ0) is 13.9. The third-order valence-corrected chi connectivity index (χ3v) is 3.05. The van der Waals surface area contributed by atoms with Crippen LogP contribution in [0.2, 0.25) is 0 Å². The van der Waals surface area contributed by atoms with Crippen LogP contribution < -0.4 is 4.74 Å². The number of aromatic nitrogens is 4. The summed E-state index contributed by atoms with van der Waals surface area (Å²) in [4.78, 5) is 8.54. The Morgan fingerprint density at radius 2 is 2.05 bits per heavy atom. The van der Waals surface area contributed by atoms with Gasteiger partial charge in [-0.1, -0.05) is 5.16 Å². The molecule has 2 heterocycles. The lowest BCUT2D eigenvalue weighted by Crippen LogP contribution is -2.00. The highest BCUT2D eigenvalue weighted by molar-refractivity contribution is 5.55. The molecule has 0 atom stereocenters. The minimum atomic E-state index is 0.523. The van der Waals surface area contributed by atoms with Gasteiger partial charge < -0.3 is 13.8 Å². The molecule has 0 aliphatic rings. The molecule has 0 bridgehead atoms. The first-order valence-corrected chi connectivity index (χ1v) is 6.21. The number of imidazole rings is 1. The van der Waals surface area contributed by atoms with Gasteiger partial charge in [-0.05, 0) is 31.2 Å². The van der Waals surface area contributed by atoms with Crippen LogP contribution in [-0.4, -0.2) is 26.8 Å². The number of hydrogen-bond acceptors (Lipinski definition) is 5. The van der Waals surface area contributed by atoms with Crippen molar-refractivity contribution in [2.75, 3.05) is 7.11 Å². The topological polar surface area (TPSA) is 66.0 Å². The van der Waals surface area contributed by atoms with E-state index in [0.717, 1.165) is 17.1 Å². The van der Waals surface area contributed by atoms with E-state index in [-0.39, 0.29) is 0 Å². The Balaban J connectivity index is 1.80. The zero-order valence-electron chi connectivity index (χ0n) is 11.3. The minimum absolute atomic E-state index is 0.523. The van der Waals surface area contributed by atoms with E-state index in [1.807, 2.05) is 42.0 Å². The molecule has 2 aromatic heterocycles. The van der Waals surface area contributed by atoms with Crippen LogP contribution in [0, 0.1) is 6.92 Å². The van der Waals surface area contributed by atoms with Gasteiger partial charge in [0.2, 0.25) is 11.7 Å². The molecule has 0 saturated carbocycles. The Morgan fingerprint density at radius 1 is 1.25 bits per heavy atom. The third-order valence-electron chi connectivity index (χ3n) is 3.05. The normalized spacial score (nSPS) is 10.7. The van der Waals surface area contributed by atoms with Crippen LogP contribution >= 0.6 is 0 Å². The summed E-state index contributed by atoms with van der Waals surface area (Å²) >= 11 is 0. The number of nitrogens with zero attached hydrogens (tertiary/aromatic N) is 4. The first-order chi connectivity index (χ1) is 9.76. The van der Waals surface area contributed by atoms with E-state index in [2.05, 4.69) is 15.1 Å².